The molecule has 5 heteroatoms. The molecule has 2 aromatic rings. The molecule has 0 radical (unpaired) electrons. The van der Waals surface area contributed by atoms with Crippen molar-refractivity contribution in [2.75, 3.05) is 0 Å². The van der Waals surface area contributed by atoms with E-state index in [2.05, 4.69) is 25.9 Å². The van der Waals surface area contributed by atoms with Gasteiger partial charge in [-0.25, -0.2) is 0 Å². The van der Waals surface area contributed by atoms with Gasteiger partial charge < -0.3 is 4.98 Å². The maximum Gasteiger partial charge on any atom is 0.262 e. The molecule has 2 aromatic heterocycles. The number of H-pyrrole nitrogens is 1. The lowest BCUT2D eigenvalue weighted by molar-refractivity contribution is 1.10. The van der Waals surface area contributed by atoms with Crippen LogP contribution in [0.3, 0.4) is 0 Å². The van der Waals surface area contributed by atoms with E-state index in [0.717, 1.165) is 26.8 Å². The zero-order valence-electron chi connectivity index (χ0n) is 12.4. The summed E-state index contributed by atoms with van der Waals surface area (Å²) in [5.41, 5.74) is 2.48. The molecular formula is C15H19BrN2OS. The van der Waals surface area contributed by atoms with Crippen molar-refractivity contribution in [1.29, 1.82) is 0 Å². The molecule has 3 nitrogen and oxygen atoms in total. The van der Waals surface area contributed by atoms with Crippen molar-refractivity contribution in [3.8, 4) is 0 Å². The van der Waals surface area contributed by atoms with Crippen molar-refractivity contribution < 1.29 is 0 Å². The number of rotatable bonds is 2. The lowest BCUT2D eigenvalue weighted by Gasteiger charge is -2.08. The Morgan fingerprint density at radius 3 is 2.55 bits per heavy atom. The topological polar surface area (TPSA) is 45.8 Å². The van der Waals surface area contributed by atoms with Crippen molar-refractivity contribution in [2.45, 2.75) is 39.5 Å². The Morgan fingerprint density at radius 2 is 1.95 bits per heavy atom. The highest BCUT2D eigenvalue weighted by Gasteiger charge is 2.10. The molecule has 2 rings (SSSR count). The highest BCUT2D eigenvalue weighted by molar-refractivity contribution is 9.10. The van der Waals surface area contributed by atoms with Crippen molar-refractivity contribution >= 4 is 38.6 Å². The number of thioether (sulfide) groups is 1. The van der Waals surface area contributed by atoms with Crippen molar-refractivity contribution in [1.82, 2.24) is 9.97 Å². The first-order valence-electron chi connectivity index (χ1n) is 6.52. The van der Waals surface area contributed by atoms with Gasteiger partial charge in [0.25, 0.3) is 5.56 Å². The number of halogens is 1. The zero-order valence-corrected chi connectivity index (χ0v) is 14.8. The van der Waals surface area contributed by atoms with Crippen LogP contribution >= 0.6 is 27.7 Å². The van der Waals surface area contributed by atoms with Gasteiger partial charge in [-0.15, -0.1) is 0 Å². The van der Waals surface area contributed by atoms with Gasteiger partial charge in [-0.1, -0.05) is 31.7 Å². The average Bonchev–Trinajstić information content (AvgIpc) is 2.45. The van der Waals surface area contributed by atoms with Crippen LogP contribution in [-0.4, -0.2) is 9.97 Å². The summed E-state index contributed by atoms with van der Waals surface area (Å²) in [4.78, 5) is 19.9. The third kappa shape index (κ3) is 3.52. The van der Waals surface area contributed by atoms with E-state index >= 15 is 0 Å². The van der Waals surface area contributed by atoms with Crippen LogP contribution in [0.5, 0.6) is 0 Å². The predicted molar refractivity (Wildman–Crippen MR) is 91.6 cm³/mol. The van der Waals surface area contributed by atoms with Gasteiger partial charge in [0.15, 0.2) is 0 Å². The van der Waals surface area contributed by atoms with Gasteiger partial charge in [-0.2, -0.15) is 0 Å². The predicted octanol–water partition coefficient (Wildman–Crippen LogP) is 4.95. The van der Waals surface area contributed by atoms with E-state index in [9.17, 15) is 4.79 Å². The molecule has 0 fully saturated rings. The molecule has 0 atom stereocenters. The number of nitrogens with zero attached hydrogens (tertiary/aromatic N) is 1. The quantitative estimate of drug-likeness (QED) is 0.775. The number of aromatic amines is 1. The first-order chi connectivity index (χ1) is 9.54. The lowest BCUT2D eigenvalue weighted by Crippen LogP contribution is -2.09. The number of hydrogen-bond acceptors (Lipinski definition) is 3. The Hall–Kier alpha value is -1.07. The molecule has 0 aromatic carbocycles. The summed E-state index contributed by atoms with van der Waals surface area (Å²) in [6.45, 7) is 9.77. The molecule has 0 spiro atoms. The Labute approximate surface area is 132 Å². The van der Waals surface area contributed by atoms with Gasteiger partial charge >= 0.3 is 0 Å². The number of nitrogens with one attached hydrogen (secondary N) is 1. The normalized spacial score (nSPS) is 10.7. The molecule has 2 heterocycles. The maximum atomic E-state index is 11.9. The first kappa shape index (κ1) is 17.0. The molecule has 20 heavy (non-hydrogen) atoms. The Balaban J connectivity index is 0.000000956. The van der Waals surface area contributed by atoms with Crippen molar-refractivity contribution in [3.63, 3.8) is 0 Å². The minimum Gasteiger partial charge on any atom is -0.319 e. The van der Waals surface area contributed by atoms with Crippen LogP contribution in [-0.2, 0) is 0 Å². The summed E-state index contributed by atoms with van der Waals surface area (Å²) in [6.07, 6.45) is 1.91. The summed E-state index contributed by atoms with van der Waals surface area (Å²) in [5.74, 6) is 0. The van der Waals surface area contributed by atoms with Crippen molar-refractivity contribution in [3.05, 3.63) is 43.8 Å². The molecule has 0 amide bonds. The zero-order chi connectivity index (χ0) is 15.3. The highest BCUT2D eigenvalue weighted by Crippen LogP contribution is 2.28. The number of aryl methyl sites for hydroxylation is 2. The standard InChI is InChI=1S/C13H13BrN2OS.C2H6/c1-4-5-18-10-6-9-11(14)7(2)15-8(3)12(9)16-13(10)17;1-2/h4-6H,1-3H3,(H,16,17);1-2H3/b5-4-;. The molecule has 0 saturated heterocycles. The third-order valence-electron chi connectivity index (χ3n) is 2.59. The summed E-state index contributed by atoms with van der Waals surface area (Å²) in [7, 11) is 0. The third-order valence-corrected chi connectivity index (χ3v) is 4.56. The fraction of sp³-hybridized carbons (Fsp3) is 0.333. The molecule has 1 N–H and O–H groups in total. The van der Waals surface area contributed by atoms with Gasteiger partial charge in [0, 0.05) is 9.86 Å². The molecule has 0 unspecified atom stereocenters. The van der Waals surface area contributed by atoms with E-state index in [1.807, 2.05) is 52.2 Å². The van der Waals surface area contributed by atoms with Crippen LogP contribution in [0.25, 0.3) is 10.9 Å². The van der Waals surface area contributed by atoms with Crippen LogP contribution in [0.4, 0.5) is 0 Å². The Bertz CT molecular complexity index is 692. The van der Waals surface area contributed by atoms with Gasteiger partial charge in [0.1, 0.15) is 0 Å². The summed E-state index contributed by atoms with van der Waals surface area (Å²) < 4.78 is 0.932. The molecule has 0 aliphatic carbocycles. The van der Waals surface area contributed by atoms with E-state index in [0.29, 0.717) is 4.90 Å². The average molecular weight is 355 g/mol. The second-order valence-electron chi connectivity index (χ2n) is 3.94. The maximum absolute atomic E-state index is 11.9. The molecule has 0 saturated carbocycles. The largest absolute Gasteiger partial charge is 0.319 e. The van der Waals surface area contributed by atoms with Gasteiger partial charge in [-0.05, 0) is 48.2 Å². The minimum absolute atomic E-state index is 0.0775. The SMILES string of the molecule is C/C=C\Sc1cc2c(Br)c(C)nc(C)c2[nH]c1=O.CC. The number of pyridine rings is 2. The second kappa shape index (κ2) is 7.64. The molecule has 0 bridgehead atoms. The first-order valence-corrected chi connectivity index (χ1v) is 8.19. The van der Waals surface area contributed by atoms with Crippen LogP contribution in [0.15, 0.2) is 31.7 Å². The van der Waals surface area contributed by atoms with Crippen LogP contribution < -0.4 is 5.56 Å². The second-order valence-corrected chi connectivity index (χ2v) is 5.68. The van der Waals surface area contributed by atoms with E-state index < -0.39 is 0 Å². The highest BCUT2D eigenvalue weighted by atomic mass is 79.9. The van der Waals surface area contributed by atoms with Crippen LogP contribution in [0.1, 0.15) is 32.2 Å². The van der Waals surface area contributed by atoms with Crippen molar-refractivity contribution in [2.24, 2.45) is 0 Å². The summed E-state index contributed by atoms with van der Waals surface area (Å²) >= 11 is 4.95. The fourth-order valence-corrected chi connectivity index (χ4v) is 2.78. The number of hydrogen-bond donors (Lipinski definition) is 1. The molecule has 0 aliphatic heterocycles. The van der Waals surface area contributed by atoms with E-state index in [-0.39, 0.29) is 5.56 Å². The monoisotopic (exact) mass is 354 g/mol. The molecular weight excluding hydrogens is 336 g/mol. The van der Waals surface area contributed by atoms with E-state index in [1.54, 1.807) is 0 Å². The minimum atomic E-state index is -0.0775. The number of allylic oxidation sites excluding steroid dienone is 1. The van der Waals surface area contributed by atoms with Gasteiger partial charge in [0.2, 0.25) is 0 Å². The molecule has 108 valence electrons. The Kier molecular flexibility index (Phi) is 6.49. The van der Waals surface area contributed by atoms with Gasteiger partial charge in [0.05, 0.1) is 21.8 Å². The number of aromatic nitrogens is 2. The number of fused-ring (bicyclic) bond motifs is 1. The summed E-state index contributed by atoms with van der Waals surface area (Å²) in [6, 6.07) is 1.91. The molecule has 0 aliphatic rings. The smallest absolute Gasteiger partial charge is 0.262 e. The van der Waals surface area contributed by atoms with Crippen LogP contribution in [0.2, 0.25) is 0 Å². The van der Waals surface area contributed by atoms with E-state index in [4.69, 9.17) is 0 Å². The fourth-order valence-electron chi connectivity index (χ4n) is 1.75. The van der Waals surface area contributed by atoms with Crippen LogP contribution in [0, 0.1) is 13.8 Å². The summed E-state index contributed by atoms with van der Waals surface area (Å²) in [5, 5.41) is 2.89. The Morgan fingerprint density at radius 1 is 1.30 bits per heavy atom. The van der Waals surface area contributed by atoms with Gasteiger partial charge in [-0.3, -0.25) is 9.78 Å². The van der Waals surface area contributed by atoms with E-state index in [1.165, 1.54) is 11.8 Å². The lowest BCUT2D eigenvalue weighted by atomic mass is 10.2.